The molecular weight excluding hydrogens is 916 g/mol. The summed E-state index contributed by atoms with van der Waals surface area (Å²) >= 11 is 0. The molecule has 4 saturated carbocycles. The fourth-order valence-corrected chi connectivity index (χ4v) is 15.3. The molecule has 15 N–H and O–H groups in total. The summed E-state index contributed by atoms with van der Waals surface area (Å²) < 4.78 is 36.0. The Morgan fingerprint density at radius 1 is 0.623 bits per heavy atom. The lowest BCUT2D eigenvalue weighted by Gasteiger charge is -2.73. The van der Waals surface area contributed by atoms with Crippen molar-refractivity contribution in [2.45, 2.75) is 197 Å². The Morgan fingerprint density at radius 2 is 1.19 bits per heavy atom. The van der Waals surface area contributed by atoms with Gasteiger partial charge in [0.1, 0.15) is 61.0 Å². The summed E-state index contributed by atoms with van der Waals surface area (Å²) in [6, 6.07) is 0. The molecule has 8 rings (SSSR count). The average molecular weight is 993 g/mol. The van der Waals surface area contributed by atoms with E-state index in [2.05, 4.69) is 19.9 Å². The maximum Gasteiger partial charge on any atom is 0.335 e. The second-order valence-electron chi connectivity index (χ2n) is 23.1. The van der Waals surface area contributed by atoms with Crippen molar-refractivity contribution in [3.8, 4) is 0 Å². The molecule has 3 heterocycles. The van der Waals surface area contributed by atoms with E-state index in [1.165, 1.54) is 0 Å². The Hall–Kier alpha value is -1.59. The zero-order valence-electron chi connectivity index (χ0n) is 39.9. The van der Waals surface area contributed by atoms with E-state index in [1.54, 1.807) is 0 Å². The Balaban J connectivity index is 1.14. The first-order chi connectivity index (χ1) is 32.2. The van der Waals surface area contributed by atoms with Crippen LogP contribution in [0.15, 0.2) is 11.6 Å². The van der Waals surface area contributed by atoms with Gasteiger partial charge in [0.15, 0.2) is 25.0 Å². The van der Waals surface area contributed by atoms with Gasteiger partial charge in [-0.1, -0.05) is 53.2 Å². The van der Waals surface area contributed by atoms with Crippen LogP contribution in [0.25, 0.3) is 0 Å². The predicted molar refractivity (Wildman–Crippen MR) is 232 cm³/mol. The number of rotatable bonds is 11. The van der Waals surface area contributed by atoms with Gasteiger partial charge >= 0.3 is 5.97 Å². The lowest BCUT2D eigenvalue weighted by Crippen LogP contribution is -2.76. The number of hydrogen-bond acceptors (Lipinski definition) is 21. The highest BCUT2D eigenvalue weighted by Crippen LogP contribution is 2.76. The molecule has 8 aliphatic rings. The van der Waals surface area contributed by atoms with Crippen LogP contribution in [0.2, 0.25) is 0 Å². The van der Waals surface area contributed by atoms with E-state index >= 15 is 0 Å². The molecule has 5 aliphatic carbocycles. The molecule has 69 heavy (non-hydrogen) atoms. The molecule has 27 atom stereocenters. The fraction of sp³-hybridized carbons (Fsp3) is 0.936. The number of aliphatic carboxylic acids is 1. The summed E-state index contributed by atoms with van der Waals surface area (Å²) in [7, 11) is 0. The van der Waals surface area contributed by atoms with Crippen molar-refractivity contribution in [3.63, 3.8) is 0 Å². The highest BCUT2D eigenvalue weighted by Gasteiger charge is 2.75. The van der Waals surface area contributed by atoms with Crippen molar-refractivity contribution in [1.82, 2.24) is 0 Å². The van der Waals surface area contributed by atoms with Crippen molar-refractivity contribution < 1.29 is 110 Å². The first-order valence-electron chi connectivity index (χ1n) is 24.3. The van der Waals surface area contributed by atoms with E-state index in [-0.39, 0.29) is 18.3 Å². The molecule has 0 radical (unpaired) electrons. The molecule has 0 amide bonds. The van der Waals surface area contributed by atoms with Gasteiger partial charge in [-0.25, -0.2) is 4.79 Å². The number of aliphatic hydroxyl groups excluding tert-OH is 14. The lowest BCUT2D eigenvalue weighted by molar-refractivity contribution is -0.387. The van der Waals surface area contributed by atoms with Crippen LogP contribution in [-0.2, 0) is 33.2 Å². The molecule has 0 aromatic carbocycles. The number of allylic oxidation sites excluding steroid dienone is 1. The maximum absolute atomic E-state index is 12.8. The quantitative estimate of drug-likeness (QED) is 0.0697. The van der Waals surface area contributed by atoms with Crippen LogP contribution in [0.3, 0.4) is 0 Å². The molecule has 0 bridgehead atoms. The minimum atomic E-state index is -2.15. The predicted octanol–water partition coefficient (Wildman–Crippen LogP) is -3.80. The van der Waals surface area contributed by atoms with Crippen LogP contribution in [0, 0.1) is 50.2 Å². The summed E-state index contributed by atoms with van der Waals surface area (Å²) in [6.07, 6.45) is -28.1. The Morgan fingerprint density at radius 3 is 1.75 bits per heavy atom. The largest absolute Gasteiger partial charge is 0.479 e. The zero-order chi connectivity index (χ0) is 50.9. The van der Waals surface area contributed by atoms with E-state index in [0.717, 1.165) is 5.57 Å². The number of carbonyl (C=O) groups is 1. The van der Waals surface area contributed by atoms with Crippen LogP contribution in [0.5, 0.6) is 0 Å². The van der Waals surface area contributed by atoms with Gasteiger partial charge in [-0.2, -0.15) is 0 Å². The average Bonchev–Trinajstić information content (AvgIpc) is 3.58. The van der Waals surface area contributed by atoms with Crippen LogP contribution in [0.4, 0.5) is 0 Å². The lowest BCUT2D eigenvalue weighted by atomic mass is 9.32. The third-order valence-corrected chi connectivity index (χ3v) is 19.6. The number of ether oxygens (including phenoxy) is 6. The normalized spacial score (nSPS) is 56.0. The standard InChI is InChI=1S/C47H76O22/c1-42(2)13-19-18-7-8-23-43(3)11-10-24(44(4,16-50)22(43)9-12-45(23,5)46(18,6)35(59)37(61)47(19,17-51)36(60)34(42)58)66-41-33(69-40-29(56)27(54)25(52)20(14-48)64-40)31(30(57)32(68-41)38(62)63)67-39-28(55)26(53)21(15-49)65-39/h7,19-37,39-41,48-61H,8-17H2,1-6H3,(H,62,63)/t19-,20+,21-,22+,23+,24-,25+,26+,27+,28+,29+,30-,31+,32-,33+,34-,35-,36-,37+,39-,40-,41+,43-,44+,45+,46-,47+/m0/s1. The second-order valence-corrected chi connectivity index (χ2v) is 23.1. The molecule has 22 nitrogen and oxygen atoms in total. The van der Waals surface area contributed by atoms with Crippen molar-refractivity contribution in [2.75, 3.05) is 26.4 Å². The zero-order valence-corrected chi connectivity index (χ0v) is 39.9. The number of carboxylic acid groups (broad SMARTS) is 1. The van der Waals surface area contributed by atoms with Gasteiger partial charge in [-0.15, -0.1) is 0 Å². The molecule has 0 spiro atoms. The first kappa shape index (κ1) is 53.7. The van der Waals surface area contributed by atoms with Gasteiger partial charge in [0.2, 0.25) is 0 Å². The van der Waals surface area contributed by atoms with Crippen LogP contribution in [0.1, 0.15) is 80.1 Å². The number of aliphatic hydroxyl groups is 14. The van der Waals surface area contributed by atoms with Crippen LogP contribution >= 0.6 is 0 Å². The number of fused-ring (bicyclic) bond motifs is 7. The fourth-order valence-electron chi connectivity index (χ4n) is 15.3. The second kappa shape index (κ2) is 18.7. The molecule has 0 aromatic rings. The molecule has 7 fully saturated rings. The van der Waals surface area contributed by atoms with Crippen molar-refractivity contribution >= 4 is 5.97 Å². The maximum atomic E-state index is 12.8. The van der Waals surface area contributed by atoms with Crippen molar-refractivity contribution in [1.29, 1.82) is 0 Å². The molecule has 0 unspecified atom stereocenters. The van der Waals surface area contributed by atoms with Gasteiger partial charge in [-0.05, 0) is 72.5 Å². The van der Waals surface area contributed by atoms with Gasteiger partial charge in [0.25, 0.3) is 0 Å². The van der Waals surface area contributed by atoms with Gasteiger partial charge in [0, 0.05) is 10.8 Å². The highest BCUT2D eigenvalue weighted by molar-refractivity contribution is 5.73. The SMILES string of the molecule is CC1(C)C[C@H]2C3=CC[C@@H]4[C@@]5(C)CC[C@H](O[C@@H]6O[C@H](C(=O)O)[C@@H](O)[C@@H](O[C@@H]7O[C@@H](CO)[C@@H](O)[C@H]7O)[C@H]6O[C@@H]6O[C@H](CO)[C@@H](O)[C@@H](O)[C@H]6O)[C@](C)(CO)[C@@H]5CC[C@@]4(C)[C@]3(C)[C@@H](O)[C@@H](O)[C@@]2(CO)[C@@H](O)[C@@H]1O. The van der Waals surface area contributed by atoms with Gasteiger partial charge < -0.3 is 105 Å². The highest BCUT2D eigenvalue weighted by atomic mass is 16.8. The Bertz CT molecular complexity index is 1910. The Kier molecular flexibility index (Phi) is 14.5. The van der Waals surface area contributed by atoms with E-state index in [9.17, 15) is 81.4 Å². The summed E-state index contributed by atoms with van der Waals surface area (Å²) in [5.74, 6) is -2.79. The summed E-state index contributed by atoms with van der Waals surface area (Å²) in [6.45, 7) is 8.92. The molecule has 3 saturated heterocycles. The number of carboxylic acids is 1. The summed E-state index contributed by atoms with van der Waals surface area (Å²) in [4.78, 5) is 12.8. The molecule has 3 aliphatic heterocycles. The summed E-state index contributed by atoms with van der Waals surface area (Å²) in [5.41, 5.74) is -5.15. The van der Waals surface area contributed by atoms with Gasteiger partial charge in [-0.3, -0.25) is 0 Å². The van der Waals surface area contributed by atoms with E-state index < -0.39 is 187 Å². The van der Waals surface area contributed by atoms with Gasteiger partial charge in [0.05, 0.1) is 62.4 Å². The molecule has 396 valence electrons. The molecule has 0 aromatic heterocycles. The Labute approximate surface area is 400 Å². The smallest absolute Gasteiger partial charge is 0.335 e. The molecular formula is C47H76O22. The first-order valence-corrected chi connectivity index (χ1v) is 24.3. The third-order valence-electron chi connectivity index (χ3n) is 19.6. The minimum absolute atomic E-state index is 0.187. The van der Waals surface area contributed by atoms with Crippen LogP contribution < -0.4 is 0 Å². The summed E-state index contributed by atoms with van der Waals surface area (Å²) in [5, 5.41) is 165. The minimum Gasteiger partial charge on any atom is -0.479 e. The van der Waals surface area contributed by atoms with Crippen molar-refractivity contribution in [3.05, 3.63) is 11.6 Å². The van der Waals surface area contributed by atoms with E-state index in [0.29, 0.717) is 32.1 Å². The third kappa shape index (κ3) is 7.68. The monoisotopic (exact) mass is 992 g/mol. The van der Waals surface area contributed by atoms with E-state index in [1.807, 2.05) is 27.7 Å². The molecule has 22 heteroatoms. The van der Waals surface area contributed by atoms with Crippen molar-refractivity contribution in [2.24, 2.45) is 50.2 Å². The number of hydrogen-bond donors (Lipinski definition) is 15. The van der Waals surface area contributed by atoms with Crippen LogP contribution in [-0.4, -0.2) is 226 Å². The topological polar surface area (TPSA) is 376 Å². The van der Waals surface area contributed by atoms with E-state index in [4.69, 9.17) is 28.4 Å².